The molecule has 0 heterocycles. The molecule has 0 spiro atoms. The summed E-state index contributed by atoms with van der Waals surface area (Å²) in [5.41, 5.74) is 0.884. The van der Waals surface area contributed by atoms with Gasteiger partial charge in [-0.2, -0.15) is 0 Å². The lowest BCUT2D eigenvalue weighted by atomic mass is 9.59. The molecule has 3 aliphatic rings. The smallest absolute Gasteiger partial charge is 0.223 e. The number of rotatable bonds is 3. The van der Waals surface area contributed by atoms with Crippen molar-refractivity contribution in [3.05, 3.63) is 39.9 Å². The first kappa shape index (κ1) is 13.1. The minimum Gasteiger partial charge on any atom is -0.497 e. The van der Waals surface area contributed by atoms with E-state index in [0.717, 1.165) is 24.2 Å². The van der Waals surface area contributed by atoms with Crippen molar-refractivity contribution in [3.8, 4) is 5.75 Å². The summed E-state index contributed by atoms with van der Waals surface area (Å²) in [6, 6.07) is 6.69. The highest BCUT2D eigenvalue weighted by atomic mass is 16.6. The van der Waals surface area contributed by atoms with Gasteiger partial charge in [-0.15, -0.1) is 0 Å². The summed E-state index contributed by atoms with van der Waals surface area (Å²) < 4.78 is 5.11. The van der Waals surface area contributed by atoms with Gasteiger partial charge in [0.2, 0.25) is 6.04 Å². The van der Waals surface area contributed by atoms with E-state index in [0.29, 0.717) is 6.42 Å². The molecule has 3 fully saturated rings. The Balaban J connectivity index is 1.98. The van der Waals surface area contributed by atoms with E-state index < -0.39 is 6.04 Å². The topological polar surface area (TPSA) is 69.4 Å². The Hall–Kier alpha value is -1.91. The number of methoxy groups -OCH3 is 1. The van der Waals surface area contributed by atoms with E-state index in [1.54, 1.807) is 19.2 Å². The zero-order valence-electron chi connectivity index (χ0n) is 11.3. The molecule has 0 aromatic heterocycles. The van der Waals surface area contributed by atoms with Crippen molar-refractivity contribution in [2.45, 2.75) is 31.2 Å². The molecular weight excluding hydrogens is 258 g/mol. The first-order valence-electron chi connectivity index (χ1n) is 6.92. The van der Waals surface area contributed by atoms with Crippen LogP contribution in [-0.2, 0) is 4.79 Å². The van der Waals surface area contributed by atoms with Crippen molar-refractivity contribution in [2.75, 3.05) is 7.11 Å². The van der Waals surface area contributed by atoms with Crippen LogP contribution in [0.3, 0.4) is 0 Å². The lowest BCUT2D eigenvalue weighted by molar-refractivity contribution is -0.542. The second-order valence-electron chi connectivity index (χ2n) is 5.69. The fraction of sp³-hybridized carbons (Fsp3) is 0.533. The second kappa shape index (κ2) is 4.89. The van der Waals surface area contributed by atoms with Gasteiger partial charge in [-0.25, -0.2) is 0 Å². The Morgan fingerprint density at radius 3 is 2.50 bits per heavy atom. The fourth-order valence-electron chi connectivity index (χ4n) is 3.83. The number of ether oxygens (including phenoxy) is 1. The van der Waals surface area contributed by atoms with Crippen LogP contribution in [0.5, 0.6) is 5.75 Å². The molecule has 0 amide bonds. The van der Waals surface area contributed by atoms with Crippen LogP contribution in [0, 0.1) is 22.0 Å². The number of Topliss-reactive ketones (excluding diaryl/α,β-unsaturated/α-hetero) is 1. The molecule has 0 N–H and O–H groups in total. The highest BCUT2D eigenvalue weighted by Crippen LogP contribution is 2.49. The summed E-state index contributed by atoms with van der Waals surface area (Å²) in [4.78, 5) is 23.3. The van der Waals surface area contributed by atoms with Crippen LogP contribution in [0.2, 0.25) is 0 Å². The quantitative estimate of drug-likeness (QED) is 0.627. The van der Waals surface area contributed by atoms with Crippen LogP contribution in [0.1, 0.15) is 30.7 Å². The van der Waals surface area contributed by atoms with Gasteiger partial charge in [0.05, 0.1) is 13.0 Å². The number of fused-ring (bicyclic) bond motifs is 3. The lowest BCUT2D eigenvalue weighted by Crippen LogP contribution is -2.50. The number of benzene rings is 1. The molecule has 0 unspecified atom stereocenters. The van der Waals surface area contributed by atoms with Gasteiger partial charge in [-0.1, -0.05) is 12.1 Å². The highest BCUT2D eigenvalue weighted by Gasteiger charge is 2.54. The molecule has 3 saturated carbocycles. The van der Waals surface area contributed by atoms with Gasteiger partial charge in [0, 0.05) is 23.2 Å². The van der Waals surface area contributed by atoms with Crippen molar-refractivity contribution in [1.29, 1.82) is 0 Å². The zero-order valence-corrected chi connectivity index (χ0v) is 11.3. The van der Waals surface area contributed by atoms with Gasteiger partial charge in [0.25, 0.3) is 0 Å². The number of hydrogen-bond acceptors (Lipinski definition) is 4. The van der Waals surface area contributed by atoms with Gasteiger partial charge < -0.3 is 4.74 Å². The minimum atomic E-state index is -0.625. The summed E-state index contributed by atoms with van der Waals surface area (Å²) in [6.07, 6.45) is 1.96. The third-order valence-electron chi connectivity index (χ3n) is 4.75. The van der Waals surface area contributed by atoms with Gasteiger partial charge in [0.1, 0.15) is 11.5 Å². The van der Waals surface area contributed by atoms with Crippen LogP contribution >= 0.6 is 0 Å². The largest absolute Gasteiger partial charge is 0.497 e. The predicted octanol–water partition coefficient (Wildman–Crippen LogP) is 2.42. The molecule has 5 heteroatoms. The third-order valence-corrected chi connectivity index (χ3v) is 4.75. The van der Waals surface area contributed by atoms with Crippen molar-refractivity contribution in [3.63, 3.8) is 0 Å². The molecular formula is C15H17NO4. The number of ketones is 1. The molecule has 4 rings (SSSR count). The highest BCUT2D eigenvalue weighted by molar-refractivity contribution is 5.84. The van der Waals surface area contributed by atoms with Crippen molar-refractivity contribution >= 4 is 5.78 Å². The van der Waals surface area contributed by atoms with Crippen molar-refractivity contribution < 1.29 is 14.5 Å². The van der Waals surface area contributed by atoms with E-state index in [2.05, 4.69) is 0 Å². The summed E-state index contributed by atoms with van der Waals surface area (Å²) in [5.74, 6) is 0.341. The van der Waals surface area contributed by atoms with Crippen LogP contribution < -0.4 is 4.74 Å². The molecule has 20 heavy (non-hydrogen) atoms. The monoisotopic (exact) mass is 275 g/mol. The Bertz CT molecular complexity index is 539. The maximum absolute atomic E-state index is 12.1. The third kappa shape index (κ3) is 1.97. The van der Waals surface area contributed by atoms with E-state index in [1.165, 1.54) is 0 Å². The molecule has 4 atom stereocenters. The van der Waals surface area contributed by atoms with E-state index in [9.17, 15) is 14.9 Å². The molecule has 1 aromatic carbocycles. The van der Waals surface area contributed by atoms with Crippen molar-refractivity contribution in [1.82, 2.24) is 0 Å². The Morgan fingerprint density at radius 2 is 1.95 bits per heavy atom. The Kier molecular flexibility index (Phi) is 3.20. The lowest BCUT2D eigenvalue weighted by Gasteiger charge is -2.42. The number of nitro groups is 1. The Morgan fingerprint density at radius 1 is 1.25 bits per heavy atom. The summed E-state index contributed by atoms with van der Waals surface area (Å²) >= 11 is 0. The maximum atomic E-state index is 12.1. The minimum absolute atomic E-state index is 0.102. The molecule has 3 aliphatic carbocycles. The molecule has 1 aromatic rings. The van der Waals surface area contributed by atoms with E-state index >= 15 is 0 Å². The standard InChI is InChI=1S/C15H17NO4/c1-20-11-5-2-9(3-6-11)14-12-7-4-10(8-13(12)17)15(14)16(18)19/h2-3,5-6,10,12,14-15H,4,7-8H2,1H3/t10-,12+,14-,15-/m0/s1. The average Bonchev–Trinajstić information content (AvgIpc) is 2.46. The van der Waals surface area contributed by atoms with Crippen LogP contribution in [0.4, 0.5) is 0 Å². The molecule has 0 radical (unpaired) electrons. The second-order valence-corrected chi connectivity index (χ2v) is 5.69. The molecule has 0 aliphatic heterocycles. The van der Waals surface area contributed by atoms with Gasteiger partial charge >= 0.3 is 0 Å². The Labute approximate surface area is 117 Å². The zero-order chi connectivity index (χ0) is 14.3. The first-order chi connectivity index (χ1) is 9.61. The van der Waals surface area contributed by atoms with Gasteiger partial charge in [0.15, 0.2) is 0 Å². The predicted molar refractivity (Wildman–Crippen MR) is 72.4 cm³/mol. The number of nitrogens with zero attached hydrogens (tertiary/aromatic N) is 1. The van der Waals surface area contributed by atoms with Gasteiger partial charge in [-0.05, 0) is 30.5 Å². The van der Waals surface area contributed by atoms with Crippen molar-refractivity contribution in [2.24, 2.45) is 11.8 Å². The normalized spacial score (nSPS) is 32.1. The van der Waals surface area contributed by atoms with E-state index in [4.69, 9.17) is 4.74 Å². The van der Waals surface area contributed by atoms with Crippen LogP contribution in [0.25, 0.3) is 0 Å². The summed E-state index contributed by atoms with van der Waals surface area (Å²) in [7, 11) is 1.58. The van der Waals surface area contributed by atoms with Gasteiger partial charge in [-0.3, -0.25) is 14.9 Å². The molecule has 0 saturated heterocycles. The SMILES string of the molecule is COc1ccc([C@@H]2[C@@H]([N+](=O)[O-])[C@H]3CC[C@@H]2C(=O)C3)cc1. The van der Waals surface area contributed by atoms with E-state index in [1.807, 2.05) is 12.1 Å². The number of carbonyl (C=O) groups is 1. The first-order valence-corrected chi connectivity index (χ1v) is 6.92. The van der Waals surface area contributed by atoms with Crippen LogP contribution in [-0.4, -0.2) is 23.9 Å². The van der Waals surface area contributed by atoms with Crippen LogP contribution in [0.15, 0.2) is 24.3 Å². The summed E-state index contributed by atoms with van der Waals surface area (Å²) in [5, 5.41) is 11.4. The number of carbonyl (C=O) groups excluding carboxylic acids is 1. The average molecular weight is 275 g/mol. The molecule has 106 valence electrons. The fourth-order valence-corrected chi connectivity index (χ4v) is 3.83. The molecule has 5 nitrogen and oxygen atoms in total. The maximum Gasteiger partial charge on any atom is 0.223 e. The molecule has 2 bridgehead atoms. The summed E-state index contributed by atoms with van der Waals surface area (Å²) in [6.45, 7) is 0. The number of hydrogen-bond donors (Lipinski definition) is 0. The van der Waals surface area contributed by atoms with E-state index in [-0.39, 0.29) is 28.5 Å².